The number of likely N-dealkylation sites (tertiary alicyclic amines) is 1. The number of hydrogen-bond acceptors (Lipinski definition) is 7. The van der Waals surface area contributed by atoms with Gasteiger partial charge in [0.1, 0.15) is 29.5 Å². The van der Waals surface area contributed by atoms with Crippen LogP contribution in [0.4, 0.5) is 14.6 Å². The molecule has 2 aliphatic rings. The minimum atomic E-state index is -0.725. The lowest BCUT2D eigenvalue weighted by Crippen LogP contribution is -2.36. The van der Waals surface area contributed by atoms with E-state index in [4.69, 9.17) is 4.84 Å². The number of Topliss-reactive ketones (excluding diaryl/α,β-unsaturated/α-hetero) is 1. The molecule has 2 aliphatic heterocycles. The molecule has 3 aromatic rings. The zero-order valence-electron chi connectivity index (χ0n) is 26.0. The number of carbonyl (C=O) groups is 2. The number of hydrogen-bond donors (Lipinski definition) is 0. The van der Waals surface area contributed by atoms with E-state index < -0.39 is 17.4 Å². The van der Waals surface area contributed by atoms with Crippen molar-refractivity contribution in [2.45, 2.75) is 66.2 Å². The second kappa shape index (κ2) is 15.0. The molecule has 0 bridgehead atoms. The Morgan fingerprint density at radius 3 is 2.52 bits per heavy atom. The van der Waals surface area contributed by atoms with E-state index >= 15 is 4.39 Å². The van der Waals surface area contributed by atoms with Gasteiger partial charge in [0.15, 0.2) is 5.78 Å². The molecular formula is C34H41F2N5O3. The van der Waals surface area contributed by atoms with Crippen molar-refractivity contribution in [3.63, 3.8) is 0 Å². The van der Waals surface area contributed by atoms with E-state index in [1.54, 1.807) is 6.07 Å². The standard InChI is InChI=1S/C32H35F2N5O3.C2H6/c1-4-6-20(2)42-37-21(3)22-10-13-38(14-11-22)32-27-17-24(33)16-26(31(27)35-19-36-32)23-8-9-25(28(34)15-23)29(40)18-39-12-5-7-30(39)41;1-2/h8-9,15-17,19,22H,2,4-7,10-14,18H2,1,3H3;1-2H3/b37-21+;. The molecule has 44 heavy (non-hydrogen) atoms. The number of halogens is 2. The number of benzene rings is 2. The van der Waals surface area contributed by atoms with Crippen LogP contribution in [-0.4, -0.2) is 58.4 Å². The average molecular weight is 606 g/mol. The number of nitrogens with zero attached hydrogens (tertiary/aromatic N) is 5. The Labute approximate surface area is 257 Å². The summed E-state index contributed by atoms with van der Waals surface area (Å²) in [7, 11) is 0. The van der Waals surface area contributed by atoms with E-state index in [0.29, 0.717) is 66.1 Å². The molecule has 10 heteroatoms. The summed E-state index contributed by atoms with van der Waals surface area (Å²) in [6.07, 6.45) is 5.91. The fourth-order valence-corrected chi connectivity index (χ4v) is 5.67. The Morgan fingerprint density at radius 2 is 1.86 bits per heavy atom. The lowest BCUT2D eigenvalue weighted by molar-refractivity contribution is -0.127. The second-order valence-corrected chi connectivity index (χ2v) is 11.0. The molecule has 2 fully saturated rings. The topological polar surface area (TPSA) is 88.0 Å². The maximum absolute atomic E-state index is 15.2. The molecule has 3 heterocycles. The van der Waals surface area contributed by atoms with Gasteiger partial charge < -0.3 is 14.6 Å². The fourth-order valence-electron chi connectivity index (χ4n) is 5.67. The number of rotatable bonds is 10. The first-order valence-electron chi connectivity index (χ1n) is 15.4. The normalized spacial score (nSPS) is 15.8. The van der Waals surface area contributed by atoms with E-state index in [0.717, 1.165) is 31.4 Å². The Morgan fingerprint density at radius 1 is 1.11 bits per heavy atom. The van der Waals surface area contributed by atoms with Crippen molar-refractivity contribution >= 4 is 34.1 Å². The first kappa shape index (κ1) is 32.7. The number of fused-ring (bicyclic) bond motifs is 1. The summed E-state index contributed by atoms with van der Waals surface area (Å²) < 4.78 is 30.2. The number of oxime groups is 1. The van der Waals surface area contributed by atoms with E-state index in [-0.39, 0.29) is 23.9 Å². The Bertz CT molecular complexity index is 1550. The lowest BCUT2D eigenvalue weighted by atomic mass is 9.92. The van der Waals surface area contributed by atoms with Crippen molar-refractivity contribution in [3.8, 4) is 11.1 Å². The molecular weight excluding hydrogens is 564 g/mol. The minimum absolute atomic E-state index is 0.0997. The first-order valence-corrected chi connectivity index (χ1v) is 15.4. The van der Waals surface area contributed by atoms with Gasteiger partial charge in [0.25, 0.3) is 0 Å². The van der Waals surface area contributed by atoms with Crippen LogP contribution in [0.3, 0.4) is 0 Å². The highest BCUT2D eigenvalue weighted by atomic mass is 19.1. The molecule has 234 valence electrons. The molecule has 8 nitrogen and oxygen atoms in total. The molecule has 0 atom stereocenters. The third-order valence-electron chi connectivity index (χ3n) is 8.00. The lowest BCUT2D eigenvalue weighted by Gasteiger charge is -2.33. The molecule has 5 rings (SSSR count). The van der Waals surface area contributed by atoms with Gasteiger partial charge >= 0.3 is 0 Å². The molecule has 0 radical (unpaired) electrons. The summed E-state index contributed by atoms with van der Waals surface area (Å²) in [5.41, 5.74) is 2.11. The van der Waals surface area contributed by atoms with Gasteiger partial charge in [0, 0.05) is 49.3 Å². The fraction of sp³-hybridized carbons (Fsp3) is 0.441. The summed E-state index contributed by atoms with van der Waals surface area (Å²) in [4.78, 5) is 42.6. The van der Waals surface area contributed by atoms with Gasteiger partial charge in [-0.05, 0) is 62.4 Å². The number of aromatic nitrogens is 2. The summed E-state index contributed by atoms with van der Waals surface area (Å²) in [6.45, 7) is 13.6. The molecule has 1 amide bonds. The van der Waals surface area contributed by atoms with Crippen LogP contribution in [0.25, 0.3) is 22.0 Å². The van der Waals surface area contributed by atoms with Crippen LogP contribution in [0.5, 0.6) is 0 Å². The van der Waals surface area contributed by atoms with Crippen LogP contribution in [0.2, 0.25) is 0 Å². The molecule has 2 aromatic carbocycles. The van der Waals surface area contributed by atoms with Crippen LogP contribution >= 0.6 is 0 Å². The highest BCUT2D eigenvalue weighted by molar-refractivity contribution is 6.02. The Balaban J connectivity index is 0.00000216. The van der Waals surface area contributed by atoms with Gasteiger partial charge in [0.2, 0.25) is 5.91 Å². The number of anilines is 1. The largest absolute Gasteiger partial charge is 0.362 e. The van der Waals surface area contributed by atoms with Crippen molar-refractivity contribution in [1.82, 2.24) is 14.9 Å². The highest BCUT2D eigenvalue weighted by Gasteiger charge is 2.26. The van der Waals surface area contributed by atoms with Crippen LogP contribution in [0.1, 0.15) is 76.6 Å². The van der Waals surface area contributed by atoms with Crippen LogP contribution in [-0.2, 0) is 9.63 Å². The van der Waals surface area contributed by atoms with Crippen molar-refractivity contribution in [1.29, 1.82) is 0 Å². The van der Waals surface area contributed by atoms with Gasteiger partial charge in [-0.15, -0.1) is 0 Å². The van der Waals surface area contributed by atoms with E-state index in [1.807, 2.05) is 20.8 Å². The molecule has 1 aromatic heterocycles. The molecule has 2 saturated heterocycles. The SMILES string of the molecule is C=C(CCC)O/N=C(\C)C1CCN(c2ncnc3c(-c4ccc(C(=O)CN5CCCC5=O)c(F)c4)cc(F)cc23)CC1.CC. The summed E-state index contributed by atoms with van der Waals surface area (Å²) in [6, 6.07) is 6.92. The summed E-state index contributed by atoms with van der Waals surface area (Å²) in [5, 5.41) is 4.81. The Hall–Kier alpha value is -4.21. The smallest absolute Gasteiger partial charge is 0.223 e. The quantitative estimate of drug-likeness (QED) is 0.104. The molecule has 0 spiro atoms. The predicted octanol–water partition coefficient (Wildman–Crippen LogP) is 7.33. The molecule has 0 N–H and O–H groups in total. The Kier molecular flexibility index (Phi) is 11.1. The van der Waals surface area contributed by atoms with Gasteiger partial charge in [0.05, 0.1) is 23.3 Å². The minimum Gasteiger partial charge on any atom is -0.362 e. The number of piperidine rings is 1. The van der Waals surface area contributed by atoms with Gasteiger partial charge in [-0.25, -0.2) is 18.7 Å². The zero-order chi connectivity index (χ0) is 31.8. The van der Waals surface area contributed by atoms with Gasteiger partial charge in [-0.2, -0.15) is 0 Å². The predicted molar refractivity (Wildman–Crippen MR) is 170 cm³/mol. The number of ketones is 1. The van der Waals surface area contributed by atoms with Crippen molar-refractivity contribution in [2.24, 2.45) is 11.1 Å². The summed E-state index contributed by atoms with van der Waals surface area (Å²) in [5.74, 6) is -0.269. The van der Waals surface area contributed by atoms with Crippen LogP contribution in [0.15, 0.2) is 54.2 Å². The van der Waals surface area contributed by atoms with Crippen molar-refractivity contribution in [2.75, 3.05) is 31.1 Å². The van der Waals surface area contributed by atoms with Crippen LogP contribution in [0, 0.1) is 17.6 Å². The van der Waals surface area contributed by atoms with Crippen molar-refractivity contribution in [3.05, 3.63) is 66.2 Å². The average Bonchev–Trinajstić information content (AvgIpc) is 3.43. The van der Waals surface area contributed by atoms with Gasteiger partial charge in [-0.1, -0.05) is 38.6 Å². The van der Waals surface area contributed by atoms with Gasteiger partial charge in [-0.3, -0.25) is 9.59 Å². The zero-order valence-corrected chi connectivity index (χ0v) is 26.0. The maximum atomic E-state index is 15.2. The molecule has 0 aliphatic carbocycles. The van der Waals surface area contributed by atoms with E-state index in [2.05, 4.69) is 33.5 Å². The van der Waals surface area contributed by atoms with Crippen molar-refractivity contribution < 1.29 is 23.2 Å². The second-order valence-electron chi connectivity index (χ2n) is 11.0. The number of allylic oxidation sites excluding steroid dienone is 1. The van der Waals surface area contributed by atoms with E-state index in [1.165, 1.54) is 35.5 Å². The number of amides is 1. The third-order valence-corrected chi connectivity index (χ3v) is 8.00. The molecule has 0 saturated carbocycles. The number of carbonyl (C=O) groups excluding carboxylic acids is 2. The highest BCUT2D eigenvalue weighted by Crippen LogP contribution is 2.35. The molecule has 0 unspecified atom stereocenters. The maximum Gasteiger partial charge on any atom is 0.223 e. The van der Waals surface area contributed by atoms with E-state index in [9.17, 15) is 14.0 Å². The summed E-state index contributed by atoms with van der Waals surface area (Å²) >= 11 is 0. The monoisotopic (exact) mass is 605 g/mol. The first-order chi connectivity index (χ1) is 21.2. The third kappa shape index (κ3) is 7.46. The van der Waals surface area contributed by atoms with Crippen LogP contribution < -0.4 is 4.90 Å².